The highest BCUT2D eigenvalue weighted by Crippen LogP contribution is 2.39. The van der Waals surface area contributed by atoms with E-state index in [0.717, 1.165) is 6.42 Å². The Balaban J connectivity index is 2.21. The van der Waals surface area contributed by atoms with Crippen molar-refractivity contribution in [1.82, 2.24) is 0 Å². The standard InChI is InChI=1S/C16H25BO2S/c1-6-7-9-13(12-14-10-8-11-20-14)17-18-15(2,3)16(4,5)19-17/h8,10-12H,6-7,9H2,1-5H3/b13-12-. The zero-order chi connectivity index (χ0) is 14.8. The second-order valence-electron chi connectivity index (χ2n) is 6.43. The fraction of sp³-hybridized carbons (Fsp3) is 0.625. The van der Waals surface area contributed by atoms with Crippen molar-refractivity contribution in [2.45, 2.75) is 65.1 Å². The molecule has 0 bridgehead atoms. The van der Waals surface area contributed by atoms with E-state index in [0.29, 0.717) is 0 Å². The van der Waals surface area contributed by atoms with Crippen molar-refractivity contribution in [3.8, 4) is 0 Å². The van der Waals surface area contributed by atoms with Gasteiger partial charge in [-0.3, -0.25) is 0 Å². The number of unbranched alkanes of at least 4 members (excludes halogenated alkanes) is 1. The summed E-state index contributed by atoms with van der Waals surface area (Å²) in [5, 5.41) is 2.10. The Hall–Kier alpha value is -0.575. The first-order chi connectivity index (χ1) is 9.36. The summed E-state index contributed by atoms with van der Waals surface area (Å²) in [6, 6.07) is 4.22. The predicted molar refractivity (Wildman–Crippen MR) is 87.9 cm³/mol. The summed E-state index contributed by atoms with van der Waals surface area (Å²) in [5.74, 6) is 0. The average Bonchev–Trinajstić information content (AvgIpc) is 2.92. The van der Waals surface area contributed by atoms with E-state index in [1.54, 1.807) is 11.3 Å². The van der Waals surface area contributed by atoms with E-state index in [1.807, 2.05) is 0 Å². The molecule has 1 aliphatic rings. The summed E-state index contributed by atoms with van der Waals surface area (Å²) in [6.07, 6.45) is 5.62. The van der Waals surface area contributed by atoms with Crippen molar-refractivity contribution in [2.75, 3.05) is 0 Å². The quantitative estimate of drug-likeness (QED) is 0.715. The molecule has 0 radical (unpaired) electrons. The van der Waals surface area contributed by atoms with E-state index < -0.39 is 0 Å². The SMILES string of the molecule is CCCC/C(=C/c1cccs1)B1OC(C)(C)C(C)(C)O1. The number of hydrogen-bond acceptors (Lipinski definition) is 3. The first kappa shape index (κ1) is 15.8. The first-order valence-corrected chi connectivity index (χ1v) is 8.33. The topological polar surface area (TPSA) is 18.5 Å². The molecule has 0 saturated carbocycles. The number of thiophene rings is 1. The van der Waals surface area contributed by atoms with Gasteiger partial charge < -0.3 is 9.31 Å². The van der Waals surface area contributed by atoms with E-state index >= 15 is 0 Å². The minimum atomic E-state index is -0.265. The van der Waals surface area contributed by atoms with Crippen molar-refractivity contribution in [3.63, 3.8) is 0 Å². The minimum absolute atomic E-state index is 0.214. The Morgan fingerprint density at radius 2 is 1.90 bits per heavy atom. The first-order valence-electron chi connectivity index (χ1n) is 7.45. The zero-order valence-electron chi connectivity index (χ0n) is 13.2. The fourth-order valence-electron chi connectivity index (χ4n) is 2.19. The van der Waals surface area contributed by atoms with E-state index in [1.165, 1.54) is 23.2 Å². The van der Waals surface area contributed by atoms with Crippen LogP contribution < -0.4 is 0 Å². The average molecular weight is 292 g/mol. The van der Waals surface area contributed by atoms with Gasteiger partial charge in [0.2, 0.25) is 0 Å². The van der Waals surface area contributed by atoms with Gasteiger partial charge in [-0.2, -0.15) is 0 Å². The van der Waals surface area contributed by atoms with Gasteiger partial charge in [-0.15, -0.1) is 11.3 Å². The van der Waals surface area contributed by atoms with Gasteiger partial charge in [0.1, 0.15) is 0 Å². The third kappa shape index (κ3) is 3.36. The van der Waals surface area contributed by atoms with Crippen molar-refractivity contribution in [1.29, 1.82) is 0 Å². The molecule has 4 heteroatoms. The molecule has 110 valence electrons. The summed E-state index contributed by atoms with van der Waals surface area (Å²) < 4.78 is 12.4. The molecule has 1 aromatic heterocycles. The second kappa shape index (κ2) is 6.04. The van der Waals surface area contributed by atoms with Crippen molar-refractivity contribution in [2.24, 2.45) is 0 Å². The maximum atomic E-state index is 6.19. The van der Waals surface area contributed by atoms with Crippen LogP contribution in [0.25, 0.3) is 6.08 Å². The van der Waals surface area contributed by atoms with Crippen LogP contribution in [0, 0.1) is 0 Å². The van der Waals surface area contributed by atoms with Gasteiger partial charge in [0.25, 0.3) is 0 Å². The number of allylic oxidation sites excluding steroid dienone is 1. The summed E-state index contributed by atoms with van der Waals surface area (Å²) in [7, 11) is -0.214. The van der Waals surface area contributed by atoms with Crippen molar-refractivity contribution >= 4 is 24.5 Å². The molecule has 1 fully saturated rings. The zero-order valence-corrected chi connectivity index (χ0v) is 14.0. The summed E-state index contributed by atoms with van der Waals surface area (Å²) in [6.45, 7) is 10.6. The lowest BCUT2D eigenvalue weighted by Gasteiger charge is -2.32. The van der Waals surface area contributed by atoms with E-state index in [2.05, 4.69) is 58.2 Å². The lowest BCUT2D eigenvalue weighted by Crippen LogP contribution is -2.41. The normalized spacial score (nSPS) is 21.4. The summed E-state index contributed by atoms with van der Waals surface area (Å²) >= 11 is 1.76. The molecule has 0 atom stereocenters. The van der Waals surface area contributed by atoms with Crippen molar-refractivity contribution in [3.05, 3.63) is 27.9 Å². The van der Waals surface area contributed by atoms with E-state index in [4.69, 9.17) is 9.31 Å². The van der Waals surface area contributed by atoms with Crippen LogP contribution in [-0.4, -0.2) is 18.3 Å². The fourth-order valence-corrected chi connectivity index (χ4v) is 2.88. The summed E-state index contributed by atoms with van der Waals surface area (Å²) in [5.41, 5.74) is 0.726. The Kier molecular flexibility index (Phi) is 4.78. The molecule has 0 N–H and O–H groups in total. The van der Waals surface area contributed by atoms with Crippen LogP contribution in [0.2, 0.25) is 0 Å². The Bertz CT molecular complexity index is 447. The molecule has 0 aliphatic carbocycles. The Labute approximate surface area is 127 Å². The molecule has 0 spiro atoms. The lowest BCUT2D eigenvalue weighted by molar-refractivity contribution is 0.00578. The molecule has 1 aromatic rings. The molecule has 2 heterocycles. The number of hydrogen-bond donors (Lipinski definition) is 0. The highest BCUT2D eigenvalue weighted by molar-refractivity contribution is 7.10. The van der Waals surface area contributed by atoms with E-state index in [9.17, 15) is 0 Å². The van der Waals surface area contributed by atoms with Crippen LogP contribution in [0.5, 0.6) is 0 Å². The molecule has 0 amide bonds. The van der Waals surface area contributed by atoms with Crippen LogP contribution in [0.1, 0.15) is 58.8 Å². The third-order valence-electron chi connectivity index (χ3n) is 4.25. The van der Waals surface area contributed by atoms with Gasteiger partial charge in [0.05, 0.1) is 11.2 Å². The molecule has 20 heavy (non-hydrogen) atoms. The van der Waals surface area contributed by atoms with Gasteiger partial charge in [-0.1, -0.05) is 25.8 Å². The predicted octanol–water partition coefficient (Wildman–Crippen LogP) is 4.95. The van der Waals surface area contributed by atoms with Gasteiger partial charge in [0.15, 0.2) is 0 Å². The van der Waals surface area contributed by atoms with Gasteiger partial charge in [-0.25, -0.2) is 0 Å². The van der Waals surface area contributed by atoms with Crippen LogP contribution in [-0.2, 0) is 9.31 Å². The lowest BCUT2D eigenvalue weighted by atomic mass is 9.75. The van der Waals surface area contributed by atoms with Crippen molar-refractivity contribution < 1.29 is 9.31 Å². The molecular formula is C16H25BO2S. The van der Waals surface area contributed by atoms with Crippen LogP contribution in [0.15, 0.2) is 23.0 Å². The highest BCUT2D eigenvalue weighted by Gasteiger charge is 2.52. The second-order valence-corrected chi connectivity index (χ2v) is 7.41. The molecule has 2 rings (SSSR count). The maximum absolute atomic E-state index is 6.19. The molecule has 1 saturated heterocycles. The number of rotatable bonds is 5. The third-order valence-corrected chi connectivity index (χ3v) is 5.07. The molecule has 1 aliphatic heterocycles. The van der Waals surface area contributed by atoms with Crippen LogP contribution in [0.4, 0.5) is 0 Å². The van der Waals surface area contributed by atoms with Gasteiger partial charge in [-0.05, 0) is 57.1 Å². The maximum Gasteiger partial charge on any atom is 0.490 e. The molecule has 0 aromatic carbocycles. The van der Waals surface area contributed by atoms with Crippen LogP contribution in [0.3, 0.4) is 0 Å². The smallest absolute Gasteiger partial charge is 0.400 e. The summed E-state index contributed by atoms with van der Waals surface area (Å²) in [4.78, 5) is 1.27. The largest absolute Gasteiger partial charge is 0.490 e. The molecular weight excluding hydrogens is 267 g/mol. The Morgan fingerprint density at radius 1 is 1.25 bits per heavy atom. The van der Waals surface area contributed by atoms with Crippen LogP contribution >= 0.6 is 11.3 Å². The van der Waals surface area contributed by atoms with Gasteiger partial charge >= 0.3 is 7.12 Å². The molecule has 0 unspecified atom stereocenters. The highest BCUT2D eigenvalue weighted by atomic mass is 32.1. The minimum Gasteiger partial charge on any atom is -0.400 e. The Morgan fingerprint density at radius 3 is 2.40 bits per heavy atom. The van der Waals surface area contributed by atoms with Gasteiger partial charge in [0, 0.05) is 4.88 Å². The van der Waals surface area contributed by atoms with E-state index in [-0.39, 0.29) is 18.3 Å². The molecule has 2 nitrogen and oxygen atoms in total. The monoisotopic (exact) mass is 292 g/mol.